The van der Waals surface area contributed by atoms with Crippen molar-refractivity contribution in [2.75, 3.05) is 11.9 Å². The van der Waals surface area contributed by atoms with E-state index in [9.17, 15) is 9.59 Å². The number of anilines is 1. The van der Waals surface area contributed by atoms with E-state index in [4.69, 9.17) is 9.47 Å². The molecule has 2 heterocycles. The van der Waals surface area contributed by atoms with Crippen molar-refractivity contribution in [2.24, 2.45) is 0 Å². The van der Waals surface area contributed by atoms with E-state index in [0.29, 0.717) is 23.7 Å². The lowest BCUT2D eigenvalue weighted by Gasteiger charge is -2.12. The highest BCUT2D eigenvalue weighted by atomic mass is 32.1. The number of thiazole rings is 1. The van der Waals surface area contributed by atoms with Crippen LogP contribution in [0.1, 0.15) is 35.9 Å². The van der Waals surface area contributed by atoms with Crippen molar-refractivity contribution >= 4 is 29.0 Å². The number of rotatable bonds is 8. The summed E-state index contributed by atoms with van der Waals surface area (Å²) in [5, 5.41) is 8.71. The fraction of sp³-hybridized carbons (Fsp3) is 0.263. The Balaban J connectivity index is 1.47. The molecule has 0 aliphatic heterocycles. The highest BCUT2D eigenvalue weighted by molar-refractivity contribution is 7.07. The van der Waals surface area contributed by atoms with Crippen LogP contribution in [0.4, 0.5) is 5.82 Å². The normalized spacial score (nSPS) is 10.7. The van der Waals surface area contributed by atoms with Gasteiger partial charge in [0, 0.05) is 17.5 Å². The van der Waals surface area contributed by atoms with Gasteiger partial charge in [0.25, 0.3) is 5.91 Å². The first-order valence-electron chi connectivity index (χ1n) is 8.63. The van der Waals surface area contributed by atoms with Crippen LogP contribution in [0.25, 0.3) is 0 Å². The summed E-state index contributed by atoms with van der Waals surface area (Å²) in [5.74, 6) is 0.152. The van der Waals surface area contributed by atoms with Crippen molar-refractivity contribution in [3.8, 4) is 5.75 Å². The Labute approximate surface area is 166 Å². The van der Waals surface area contributed by atoms with Gasteiger partial charge in [-0.2, -0.15) is 5.10 Å². The number of amides is 1. The van der Waals surface area contributed by atoms with Crippen LogP contribution >= 0.6 is 11.3 Å². The van der Waals surface area contributed by atoms with Gasteiger partial charge in [-0.25, -0.2) is 14.5 Å². The summed E-state index contributed by atoms with van der Waals surface area (Å²) in [6, 6.07) is 8.30. The van der Waals surface area contributed by atoms with Crippen molar-refractivity contribution in [1.82, 2.24) is 14.8 Å². The minimum atomic E-state index is -0.585. The number of ether oxygens (including phenoxy) is 2. The third-order valence-corrected chi connectivity index (χ3v) is 4.36. The first kappa shape index (κ1) is 19.6. The molecule has 1 N–H and O–H groups in total. The van der Waals surface area contributed by atoms with E-state index < -0.39 is 11.9 Å². The minimum absolute atomic E-state index is 0.101. The van der Waals surface area contributed by atoms with Crippen molar-refractivity contribution in [2.45, 2.75) is 26.5 Å². The van der Waals surface area contributed by atoms with Crippen molar-refractivity contribution < 1.29 is 19.1 Å². The van der Waals surface area contributed by atoms with Crippen LogP contribution in [0.5, 0.6) is 5.75 Å². The molecule has 0 unspecified atom stereocenters. The number of benzene rings is 1. The topological polar surface area (TPSA) is 95.3 Å². The highest BCUT2D eigenvalue weighted by Gasteiger charge is 2.13. The Morgan fingerprint density at radius 2 is 2.00 bits per heavy atom. The SMILES string of the molecule is CC(C)n1nccc1NC(=O)COC(=O)c1ccc(OCc2cscn2)cc1. The minimum Gasteiger partial charge on any atom is -0.487 e. The predicted molar refractivity (Wildman–Crippen MR) is 104 cm³/mol. The third kappa shape index (κ3) is 5.17. The maximum atomic E-state index is 12.1. The van der Waals surface area contributed by atoms with Gasteiger partial charge in [0.1, 0.15) is 18.2 Å². The Hall–Kier alpha value is -3.20. The lowest BCUT2D eigenvalue weighted by molar-refractivity contribution is -0.119. The molecular formula is C19H20N4O4S. The molecule has 1 aromatic carbocycles. The number of nitrogens with one attached hydrogen (secondary N) is 1. The number of hydrogen-bond donors (Lipinski definition) is 1. The van der Waals surface area contributed by atoms with Gasteiger partial charge < -0.3 is 14.8 Å². The summed E-state index contributed by atoms with van der Waals surface area (Å²) < 4.78 is 12.3. The van der Waals surface area contributed by atoms with Crippen molar-refractivity contribution in [3.63, 3.8) is 0 Å². The summed E-state index contributed by atoms with van der Waals surface area (Å²) in [5.41, 5.74) is 2.92. The summed E-state index contributed by atoms with van der Waals surface area (Å²) in [4.78, 5) is 28.3. The first-order valence-corrected chi connectivity index (χ1v) is 9.57. The summed E-state index contributed by atoms with van der Waals surface area (Å²) in [6.45, 7) is 3.88. The molecule has 28 heavy (non-hydrogen) atoms. The Morgan fingerprint density at radius 1 is 1.21 bits per heavy atom. The molecule has 2 aromatic heterocycles. The van der Waals surface area contributed by atoms with Crippen LogP contribution in [0.3, 0.4) is 0 Å². The summed E-state index contributed by atoms with van der Waals surface area (Å²) in [7, 11) is 0. The molecule has 8 nitrogen and oxygen atoms in total. The molecule has 0 saturated heterocycles. The van der Waals surface area contributed by atoms with Crippen LogP contribution in [0.15, 0.2) is 47.4 Å². The van der Waals surface area contributed by atoms with E-state index in [0.717, 1.165) is 5.69 Å². The molecule has 3 rings (SSSR count). The molecular weight excluding hydrogens is 380 g/mol. The van der Waals surface area contributed by atoms with Crippen LogP contribution in [-0.2, 0) is 16.1 Å². The number of hydrogen-bond acceptors (Lipinski definition) is 7. The van der Waals surface area contributed by atoms with Gasteiger partial charge in [0.05, 0.1) is 23.0 Å². The monoisotopic (exact) mass is 400 g/mol. The van der Waals surface area contributed by atoms with E-state index in [1.54, 1.807) is 46.7 Å². The first-order chi connectivity index (χ1) is 13.5. The summed E-state index contributed by atoms with van der Waals surface area (Å²) >= 11 is 1.50. The van der Waals surface area contributed by atoms with Gasteiger partial charge in [-0.05, 0) is 38.1 Å². The van der Waals surface area contributed by atoms with Gasteiger partial charge in [-0.3, -0.25) is 4.79 Å². The zero-order valence-electron chi connectivity index (χ0n) is 15.5. The van der Waals surface area contributed by atoms with Crippen LogP contribution < -0.4 is 10.1 Å². The molecule has 0 atom stereocenters. The number of aromatic nitrogens is 3. The van der Waals surface area contributed by atoms with E-state index in [1.807, 2.05) is 19.2 Å². The zero-order valence-corrected chi connectivity index (χ0v) is 16.3. The van der Waals surface area contributed by atoms with E-state index in [-0.39, 0.29) is 12.6 Å². The van der Waals surface area contributed by atoms with Crippen LogP contribution in [0, 0.1) is 0 Å². The van der Waals surface area contributed by atoms with E-state index in [1.165, 1.54) is 11.3 Å². The largest absolute Gasteiger partial charge is 0.487 e. The van der Waals surface area contributed by atoms with E-state index in [2.05, 4.69) is 15.4 Å². The number of esters is 1. The Morgan fingerprint density at radius 3 is 2.68 bits per heavy atom. The predicted octanol–water partition coefficient (Wildman–Crippen LogP) is 3.30. The second kappa shape index (κ2) is 9.14. The molecule has 0 aliphatic carbocycles. The molecule has 0 aliphatic rings. The quantitative estimate of drug-likeness (QED) is 0.583. The number of carbonyl (C=O) groups is 2. The summed E-state index contributed by atoms with van der Waals surface area (Å²) in [6.07, 6.45) is 1.60. The van der Waals surface area contributed by atoms with Crippen molar-refractivity contribution in [1.29, 1.82) is 0 Å². The van der Waals surface area contributed by atoms with E-state index >= 15 is 0 Å². The average molecular weight is 400 g/mol. The van der Waals surface area contributed by atoms with Gasteiger partial charge in [0.15, 0.2) is 6.61 Å². The highest BCUT2D eigenvalue weighted by Crippen LogP contribution is 2.16. The lowest BCUT2D eigenvalue weighted by atomic mass is 10.2. The molecule has 0 bridgehead atoms. The average Bonchev–Trinajstić information content (AvgIpc) is 3.36. The van der Waals surface area contributed by atoms with Gasteiger partial charge in [-0.1, -0.05) is 0 Å². The second-order valence-corrected chi connectivity index (χ2v) is 6.89. The standard InChI is InChI=1S/C19H20N4O4S/c1-13(2)23-17(7-8-21-23)22-18(24)10-27-19(25)14-3-5-16(6-4-14)26-9-15-11-28-12-20-15/h3-8,11-13H,9-10H2,1-2H3,(H,22,24). The molecule has 0 fully saturated rings. The van der Waals surface area contributed by atoms with Gasteiger partial charge in [0.2, 0.25) is 0 Å². The molecule has 0 radical (unpaired) electrons. The lowest BCUT2D eigenvalue weighted by Crippen LogP contribution is -2.23. The molecule has 0 spiro atoms. The number of carbonyl (C=O) groups excluding carboxylic acids is 2. The van der Waals surface area contributed by atoms with Gasteiger partial charge >= 0.3 is 5.97 Å². The van der Waals surface area contributed by atoms with Crippen LogP contribution in [0.2, 0.25) is 0 Å². The fourth-order valence-corrected chi connectivity index (χ4v) is 2.91. The zero-order chi connectivity index (χ0) is 19.9. The Kier molecular flexibility index (Phi) is 6.38. The molecule has 1 amide bonds. The second-order valence-electron chi connectivity index (χ2n) is 6.17. The van der Waals surface area contributed by atoms with Gasteiger partial charge in [-0.15, -0.1) is 11.3 Å². The Bertz CT molecular complexity index is 920. The maximum absolute atomic E-state index is 12.1. The smallest absolute Gasteiger partial charge is 0.338 e. The number of nitrogens with zero attached hydrogens (tertiary/aromatic N) is 3. The fourth-order valence-electron chi connectivity index (χ4n) is 2.37. The van der Waals surface area contributed by atoms with Crippen molar-refractivity contribution in [3.05, 3.63) is 58.7 Å². The van der Waals surface area contributed by atoms with Crippen LogP contribution in [-0.4, -0.2) is 33.2 Å². The molecule has 9 heteroatoms. The molecule has 146 valence electrons. The molecule has 0 saturated carbocycles. The third-order valence-electron chi connectivity index (χ3n) is 3.72. The molecule has 3 aromatic rings. The maximum Gasteiger partial charge on any atom is 0.338 e.